The lowest BCUT2D eigenvalue weighted by Gasteiger charge is -2.16. The summed E-state index contributed by atoms with van der Waals surface area (Å²) >= 11 is 0. The SMILES string of the molecule is [CH2][C@H]1C[C@@H](n2ccc3c(N[C@H]4CCc5c(F)cccc54)ncnc32)C[C@@H]1O. The van der Waals surface area contributed by atoms with Crippen LogP contribution in [-0.2, 0) is 6.42 Å². The molecule has 2 aromatic heterocycles. The summed E-state index contributed by atoms with van der Waals surface area (Å²) in [6.45, 7) is 4.03. The molecule has 5 rings (SSSR count). The van der Waals surface area contributed by atoms with Gasteiger partial charge in [0.25, 0.3) is 0 Å². The van der Waals surface area contributed by atoms with Crippen molar-refractivity contribution in [2.24, 2.45) is 5.92 Å². The zero-order valence-electron chi connectivity index (χ0n) is 15.0. The number of halogens is 1. The smallest absolute Gasteiger partial charge is 0.145 e. The van der Waals surface area contributed by atoms with E-state index in [0.717, 1.165) is 47.2 Å². The van der Waals surface area contributed by atoms with E-state index in [1.165, 1.54) is 6.07 Å². The number of hydrogen-bond donors (Lipinski definition) is 2. The van der Waals surface area contributed by atoms with Crippen molar-refractivity contribution in [3.8, 4) is 0 Å². The van der Waals surface area contributed by atoms with Crippen LogP contribution in [0.3, 0.4) is 0 Å². The van der Waals surface area contributed by atoms with Crippen LogP contribution in [0.15, 0.2) is 36.8 Å². The number of aliphatic hydroxyl groups is 1. The highest BCUT2D eigenvalue weighted by Gasteiger charge is 2.32. The summed E-state index contributed by atoms with van der Waals surface area (Å²) in [5, 5.41) is 14.5. The topological polar surface area (TPSA) is 63.0 Å². The Kier molecular flexibility index (Phi) is 3.90. The second-order valence-electron chi connectivity index (χ2n) is 7.68. The number of nitrogens with zero attached hydrogens (tertiary/aromatic N) is 3. The number of hydrogen-bond acceptors (Lipinski definition) is 4. The number of nitrogens with one attached hydrogen (secondary N) is 1. The zero-order valence-corrected chi connectivity index (χ0v) is 15.0. The molecule has 1 saturated carbocycles. The minimum absolute atomic E-state index is 0.0506. The van der Waals surface area contributed by atoms with E-state index in [2.05, 4.69) is 26.8 Å². The molecule has 2 aliphatic rings. The number of aliphatic hydroxyl groups excluding tert-OH is 1. The molecule has 4 atom stereocenters. The lowest BCUT2D eigenvalue weighted by Crippen LogP contribution is -2.10. The monoisotopic (exact) mass is 365 g/mol. The largest absolute Gasteiger partial charge is 0.393 e. The number of fused-ring (bicyclic) bond motifs is 2. The Balaban J connectivity index is 1.47. The maximum atomic E-state index is 14.0. The van der Waals surface area contributed by atoms with Gasteiger partial charge in [-0.05, 0) is 61.8 Å². The Morgan fingerprint density at radius 2 is 2.11 bits per heavy atom. The van der Waals surface area contributed by atoms with Gasteiger partial charge in [-0.3, -0.25) is 0 Å². The Morgan fingerprint density at radius 1 is 1.22 bits per heavy atom. The quantitative estimate of drug-likeness (QED) is 0.741. The van der Waals surface area contributed by atoms with Gasteiger partial charge in [-0.2, -0.15) is 0 Å². The molecule has 5 nitrogen and oxygen atoms in total. The van der Waals surface area contributed by atoms with Crippen molar-refractivity contribution < 1.29 is 9.50 Å². The molecule has 139 valence electrons. The maximum Gasteiger partial charge on any atom is 0.145 e. The van der Waals surface area contributed by atoms with Gasteiger partial charge in [0, 0.05) is 12.2 Å². The van der Waals surface area contributed by atoms with Crippen LogP contribution in [-0.4, -0.2) is 25.7 Å². The molecule has 27 heavy (non-hydrogen) atoms. The first-order valence-electron chi connectivity index (χ1n) is 9.48. The first kappa shape index (κ1) is 16.7. The fraction of sp³-hybridized carbons (Fsp3) is 0.381. The van der Waals surface area contributed by atoms with Gasteiger partial charge in [0.2, 0.25) is 0 Å². The molecule has 3 aromatic rings. The highest BCUT2D eigenvalue weighted by atomic mass is 19.1. The van der Waals surface area contributed by atoms with E-state index in [9.17, 15) is 9.50 Å². The number of rotatable bonds is 3. The van der Waals surface area contributed by atoms with E-state index in [-0.39, 0.29) is 29.9 Å². The lowest BCUT2D eigenvalue weighted by molar-refractivity contribution is 0.149. The molecule has 6 heteroatoms. The summed E-state index contributed by atoms with van der Waals surface area (Å²) < 4.78 is 16.1. The van der Waals surface area contributed by atoms with Crippen LogP contribution in [0.5, 0.6) is 0 Å². The first-order valence-corrected chi connectivity index (χ1v) is 9.48. The van der Waals surface area contributed by atoms with Crippen molar-refractivity contribution in [1.29, 1.82) is 0 Å². The molecule has 0 unspecified atom stereocenters. The average Bonchev–Trinajstić information content (AvgIpc) is 3.34. The molecule has 0 bridgehead atoms. The molecular weight excluding hydrogens is 343 g/mol. The van der Waals surface area contributed by atoms with Gasteiger partial charge in [0.1, 0.15) is 23.6 Å². The summed E-state index contributed by atoms with van der Waals surface area (Å²) in [4.78, 5) is 8.92. The van der Waals surface area contributed by atoms with E-state index >= 15 is 0 Å². The van der Waals surface area contributed by atoms with E-state index in [1.807, 2.05) is 18.3 Å². The second kappa shape index (κ2) is 6.30. The van der Waals surface area contributed by atoms with Crippen LogP contribution >= 0.6 is 0 Å². The predicted molar refractivity (Wildman–Crippen MR) is 102 cm³/mol. The number of aromatic nitrogens is 3. The normalized spacial score (nSPS) is 27.2. The first-order chi connectivity index (χ1) is 13.1. The summed E-state index contributed by atoms with van der Waals surface area (Å²) in [5.74, 6) is 0.695. The van der Waals surface area contributed by atoms with Crippen LogP contribution in [0.1, 0.15) is 42.5 Å². The van der Waals surface area contributed by atoms with Gasteiger partial charge in [-0.15, -0.1) is 0 Å². The molecular formula is C21H22FN4O. The van der Waals surface area contributed by atoms with Crippen molar-refractivity contribution >= 4 is 16.9 Å². The Morgan fingerprint density at radius 3 is 2.93 bits per heavy atom. The molecule has 0 aliphatic heterocycles. The van der Waals surface area contributed by atoms with Crippen LogP contribution in [0.2, 0.25) is 0 Å². The van der Waals surface area contributed by atoms with E-state index in [0.29, 0.717) is 6.42 Å². The molecule has 0 saturated heterocycles. The molecule has 1 radical (unpaired) electrons. The molecule has 2 heterocycles. The van der Waals surface area contributed by atoms with Crippen LogP contribution in [0.25, 0.3) is 11.0 Å². The fourth-order valence-electron chi connectivity index (χ4n) is 4.61. The third-order valence-corrected chi connectivity index (χ3v) is 6.06. The average molecular weight is 365 g/mol. The lowest BCUT2D eigenvalue weighted by atomic mass is 10.1. The highest BCUT2D eigenvalue weighted by molar-refractivity contribution is 5.87. The molecule has 1 fully saturated rings. The van der Waals surface area contributed by atoms with Crippen molar-refractivity contribution in [2.45, 2.75) is 43.9 Å². The van der Waals surface area contributed by atoms with Gasteiger partial charge in [0.15, 0.2) is 0 Å². The van der Waals surface area contributed by atoms with E-state index < -0.39 is 0 Å². The molecule has 2 N–H and O–H groups in total. The van der Waals surface area contributed by atoms with Crippen LogP contribution in [0, 0.1) is 18.7 Å². The van der Waals surface area contributed by atoms with Gasteiger partial charge in [0.05, 0.1) is 17.5 Å². The molecule has 0 amide bonds. The van der Waals surface area contributed by atoms with E-state index in [1.54, 1.807) is 12.4 Å². The fourth-order valence-corrected chi connectivity index (χ4v) is 4.61. The molecule has 1 aromatic carbocycles. The molecule has 0 spiro atoms. The molecule has 2 aliphatic carbocycles. The Labute approximate surface area is 157 Å². The maximum absolute atomic E-state index is 14.0. The van der Waals surface area contributed by atoms with Gasteiger partial charge >= 0.3 is 0 Å². The number of benzene rings is 1. The van der Waals surface area contributed by atoms with Gasteiger partial charge in [-0.1, -0.05) is 12.1 Å². The zero-order chi connectivity index (χ0) is 18.5. The van der Waals surface area contributed by atoms with E-state index in [4.69, 9.17) is 0 Å². The van der Waals surface area contributed by atoms with Crippen LogP contribution < -0.4 is 5.32 Å². The van der Waals surface area contributed by atoms with Gasteiger partial charge < -0.3 is 15.0 Å². The standard InChI is InChI=1S/C21H22FN4O/c1-12-9-13(10-19(12)27)26-8-7-16-20(23-11-24-21(16)26)25-18-6-5-14-15(18)3-2-4-17(14)22/h2-4,7-8,11-13,18-19,27H,1,5-6,9-10H2,(H,23,24,25)/t12-,13+,18-,19-/m0/s1. The van der Waals surface area contributed by atoms with Gasteiger partial charge in [-0.25, -0.2) is 14.4 Å². The third kappa shape index (κ3) is 2.70. The highest BCUT2D eigenvalue weighted by Crippen LogP contribution is 2.39. The third-order valence-electron chi connectivity index (χ3n) is 6.06. The Hall–Kier alpha value is -2.47. The van der Waals surface area contributed by atoms with Crippen molar-refractivity contribution in [1.82, 2.24) is 14.5 Å². The Bertz CT molecular complexity index is 991. The summed E-state index contributed by atoms with van der Waals surface area (Å²) in [6.07, 6.45) is 6.34. The van der Waals surface area contributed by atoms with Crippen LogP contribution in [0.4, 0.5) is 10.2 Å². The summed E-state index contributed by atoms with van der Waals surface area (Å²) in [6, 6.07) is 7.54. The minimum atomic E-state index is -0.364. The summed E-state index contributed by atoms with van der Waals surface area (Å²) in [5.41, 5.74) is 2.68. The summed E-state index contributed by atoms with van der Waals surface area (Å²) in [7, 11) is 0. The van der Waals surface area contributed by atoms with Crippen molar-refractivity contribution in [2.75, 3.05) is 5.32 Å². The minimum Gasteiger partial charge on any atom is -0.393 e. The van der Waals surface area contributed by atoms with Crippen molar-refractivity contribution in [3.05, 3.63) is 60.7 Å². The number of anilines is 1. The van der Waals surface area contributed by atoms with Crippen molar-refractivity contribution in [3.63, 3.8) is 0 Å². The second-order valence-corrected chi connectivity index (χ2v) is 7.68. The predicted octanol–water partition coefficient (Wildman–Crippen LogP) is 3.82.